The highest BCUT2D eigenvalue weighted by Crippen LogP contribution is 2.23. The number of benzene rings is 1. The van der Waals surface area contributed by atoms with E-state index in [4.69, 9.17) is 14.3 Å². The van der Waals surface area contributed by atoms with Crippen molar-refractivity contribution in [3.05, 3.63) is 46.3 Å². The van der Waals surface area contributed by atoms with Crippen LogP contribution in [0, 0.1) is 0 Å². The lowest BCUT2D eigenvalue weighted by Gasteiger charge is -2.03. The molecule has 0 saturated heterocycles. The van der Waals surface area contributed by atoms with Crippen LogP contribution in [0.25, 0.3) is 17.0 Å². The van der Waals surface area contributed by atoms with Crippen LogP contribution < -0.4 is 10.4 Å². The first-order chi connectivity index (χ1) is 8.60. The molecule has 2 rings (SSSR count). The maximum atomic E-state index is 11.4. The number of carboxylic acids is 1. The average Bonchev–Trinajstić information content (AvgIpc) is 2.34. The van der Waals surface area contributed by atoms with E-state index in [1.54, 1.807) is 18.2 Å². The van der Waals surface area contributed by atoms with E-state index in [0.717, 1.165) is 6.08 Å². The highest BCUT2D eigenvalue weighted by atomic mass is 16.5. The molecular weight excluding hydrogens is 236 g/mol. The zero-order valence-corrected chi connectivity index (χ0v) is 9.54. The second kappa shape index (κ2) is 4.75. The zero-order valence-electron chi connectivity index (χ0n) is 9.54. The van der Waals surface area contributed by atoms with Gasteiger partial charge in [-0.05, 0) is 23.8 Å². The van der Waals surface area contributed by atoms with Crippen LogP contribution in [0.15, 0.2) is 39.6 Å². The van der Waals surface area contributed by atoms with E-state index in [2.05, 4.69) is 0 Å². The van der Waals surface area contributed by atoms with Crippen LogP contribution in [0.3, 0.4) is 0 Å². The molecule has 1 aromatic carbocycles. The fourth-order valence-corrected chi connectivity index (χ4v) is 1.59. The summed E-state index contributed by atoms with van der Waals surface area (Å²) < 4.78 is 10.1. The molecule has 0 unspecified atom stereocenters. The minimum Gasteiger partial charge on any atom is -0.497 e. The number of methoxy groups -OCH3 is 1. The number of hydrogen-bond donors (Lipinski definition) is 1. The fourth-order valence-electron chi connectivity index (χ4n) is 1.59. The highest BCUT2D eigenvalue weighted by Gasteiger charge is 2.05. The number of carboxylic acid groups (broad SMARTS) is 1. The summed E-state index contributed by atoms with van der Waals surface area (Å²) in [6.45, 7) is 0. The van der Waals surface area contributed by atoms with E-state index in [-0.39, 0.29) is 0 Å². The van der Waals surface area contributed by atoms with Crippen molar-refractivity contribution in [3.63, 3.8) is 0 Å². The molecule has 1 N–H and O–H groups in total. The normalized spacial score (nSPS) is 10.9. The van der Waals surface area contributed by atoms with Crippen LogP contribution in [-0.2, 0) is 4.79 Å². The number of hydrogen-bond acceptors (Lipinski definition) is 4. The maximum Gasteiger partial charge on any atom is 0.336 e. The molecule has 92 valence electrons. The van der Waals surface area contributed by atoms with Crippen LogP contribution in [0.2, 0.25) is 0 Å². The van der Waals surface area contributed by atoms with E-state index in [9.17, 15) is 9.59 Å². The van der Waals surface area contributed by atoms with Crippen molar-refractivity contribution in [3.8, 4) is 5.75 Å². The third-order valence-corrected chi connectivity index (χ3v) is 2.39. The van der Waals surface area contributed by atoms with Crippen molar-refractivity contribution in [2.24, 2.45) is 0 Å². The number of rotatable bonds is 3. The summed E-state index contributed by atoms with van der Waals surface area (Å²) in [6, 6.07) is 6.24. The Labute approximate surface area is 102 Å². The standard InChI is InChI=1S/C13H10O5/c1-17-9-3-4-10-8(2-5-12(14)15)6-13(16)18-11(10)7-9/h2-7H,1H3,(H,14,15)/b5-2+. The average molecular weight is 246 g/mol. The fraction of sp³-hybridized carbons (Fsp3) is 0.0769. The molecule has 1 heterocycles. The van der Waals surface area contributed by atoms with Crippen molar-refractivity contribution in [2.45, 2.75) is 0 Å². The molecule has 0 aliphatic rings. The Morgan fingerprint density at radius 3 is 2.83 bits per heavy atom. The van der Waals surface area contributed by atoms with Crippen molar-refractivity contribution in [1.82, 2.24) is 0 Å². The smallest absolute Gasteiger partial charge is 0.336 e. The lowest BCUT2D eigenvalue weighted by atomic mass is 10.1. The van der Waals surface area contributed by atoms with E-state index < -0.39 is 11.6 Å². The molecule has 0 amide bonds. The van der Waals surface area contributed by atoms with Gasteiger partial charge in [-0.1, -0.05) is 0 Å². The van der Waals surface area contributed by atoms with Gasteiger partial charge in [-0.25, -0.2) is 9.59 Å². The quantitative estimate of drug-likeness (QED) is 0.661. The van der Waals surface area contributed by atoms with Crippen LogP contribution in [0.1, 0.15) is 5.56 Å². The van der Waals surface area contributed by atoms with Crippen molar-refractivity contribution >= 4 is 23.0 Å². The monoisotopic (exact) mass is 246 g/mol. The molecule has 0 fully saturated rings. The summed E-state index contributed by atoms with van der Waals surface area (Å²) in [5, 5.41) is 9.24. The molecule has 0 bridgehead atoms. The molecule has 0 aliphatic heterocycles. The molecule has 0 spiro atoms. The largest absolute Gasteiger partial charge is 0.497 e. The topological polar surface area (TPSA) is 76.7 Å². The highest BCUT2D eigenvalue weighted by molar-refractivity contribution is 5.92. The van der Waals surface area contributed by atoms with Gasteiger partial charge in [0.05, 0.1) is 7.11 Å². The maximum absolute atomic E-state index is 11.4. The second-order valence-corrected chi connectivity index (χ2v) is 3.55. The molecule has 0 aliphatic carbocycles. The van der Waals surface area contributed by atoms with Gasteiger partial charge in [0.15, 0.2) is 0 Å². The van der Waals surface area contributed by atoms with Gasteiger partial charge in [0, 0.05) is 23.6 Å². The van der Waals surface area contributed by atoms with Gasteiger partial charge in [-0.2, -0.15) is 0 Å². The predicted octanol–water partition coefficient (Wildman–Crippen LogP) is 1.90. The van der Waals surface area contributed by atoms with E-state index in [0.29, 0.717) is 22.3 Å². The third kappa shape index (κ3) is 2.40. The first-order valence-electron chi connectivity index (χ1n) is 5.13. The lowest BCUT2D eigenvalue weighted by Crippen LogP contribution is -1.98. The number of aliphatic carboxylic acids is 1. The summed E-state index contributed by atoms with van der Waals surface area (Å²) >= 11 is 0. The summed E-state index contributed by atoms with van der Waals surface area (Å²) in [6.07, 6.45) is 2.33. The van der Waals surface area contributed by atoms with E-state index in [1.807, 2.05) is 0 Å². The van der Waals surface area contributed by atoms with Crippen LogP contribution in [0.4, 0.5) is 0 Å². The van der Waals surface area contributed by atoms with Crippen molar-refractivity contribution < 1.29 is 19.1 Å². The Bertz CT molecular complexity index is 681. The third-order valence-electron chi connectivity index (χ3n) is 2.39. The second-order valence-electron chi connectivity index (χ2n) is 3.55. The predicted molar refractivity (Wildman–Crippen MR) is 65.7 cm³/mol. The van der Waals surface area contributed by atoms with Gasteiger partial charge in [0.25, 0.3) is 0 Å². The zero-order chi connectivity index (χ0) is 13.1. The molecule has 0 atom stereocenters. The Morgan fingerprint density at radius 2 is 2.17 bits per heavy atom. The Balaban J connectivity index is 2.66. The van der Waals surface area contributed by atoms with Gasteiger partial charge in [-0.3, -0.25) is 0 Å². The van der Waals surface area contributed by atoms with Gasteiger partial charge >= 0.3 is 11.6 Å². The Kier molecular flexibility index (Phi) is 3.14. The number of fused-ring (bicyclic) bond motifs is 1. The molecular formula is C13H10O5. The molecule has 1 aromatic heterocycles. The Morgan fingerprint density at radius 1 is 1.39 bits per heavy atom. The first kappa shape index (κ1) is 11.9. The molecule has 18 heavy (non-hydrogen) atoms. The van der Waals surface area contributed by atoms with E-state index in [1.165, 1.54) is 19.3 Å². The minimum absolute atomic E-state index is 0.354. The molecule has 2 aromatic rings. The number of carbonyl (C=O) groups is 1. The van der Waals surface area contributed by atoms with E-state index >= 15 is 0 Å². The summed E-state index contributed by atoms with van der Waals surface area (Å²) in [4.78, 5) is 21.8. The molecule has 0 saturated carbocycles. The van der Waals surface area contributed by atoms with Crippen LogP contribution in [-0.4, -0.2) is 18.2 Å². The summed E-state index contributed by atoms with van der Waals surface area (Å²) in [7, 11) is 1.51. The molecule has 5 heteroatoms. The summed E-state index contributed by atoms with van der Waals surface area (Å²) in [5.74, 6) is -0.519. The first-order valence-corrected chi connectivity index (χ1v) is 5.13. The lowest BCUT2D eigenvalue weighted by molar-refractivity contribution is -0.131. The Hall–Kier alpha value is -2.56. The van der Waals surface area contributed by atoms with Crippen molar-refractivity contribution in [1.29, 1.82) is 0 Å². The van der Waals surface area contributed by atoms with Gasteiger partial charge < -0.3 is 14.3 Å². The van der Waals surface area contributed by atoms with Crippen LogP contribution >= 0.6 is 0 Å². The summed E-state index contributed by atoms with van der Waals surface area (Å²) in [5.41, 5.74) is 0.305. The van der Waals surface area contributed by atoms with Crippen LogP contribution in [0.5, 0.6) is 5.75 Å². The minimum atomic E-state index is -1.08. The molecule has 5 nitrogen and oxygen atoms in total. The number of ether oxygens (including phenoxy) is 1. The van der Waals surface area contributed by atoms with Gasteiger partial charge in [0.1, 0.15) is 11.3 Å². The van der Waals surface area contributed by atoms with Gasteiger partial charge in [0.2, 0.25) is 0 Å². The molecule has 0 radical (unpaired) electrons. The van der Waals surface area contributed by atoms with Gasteiger partial charge in [-0.15, -0.1) is 0 Å². The SMILES string of the molecule is COc1ccc2c(/C=C/C(=O)O)cc(=O)oc2c1. The van der Waals surface area contributed by atoms with Crippen molar-refractivity contribution in [2.75, 3.05) is 7.11 Å².